The maximum Gasteiger partial charge on any atom is 0.236 e. The zero-order valence-electron chi connectivity index (χ0n) is 9.38. The fourth-order valence-corrected chi connectivity index (χ4v) is 1.86. The van der Waals surface area contributed by atoms with Crippen LogP contribution in [0.4, 0.5) is 8.78 Å². The summed E-state index contributed by atoms with van der Waals surface area (Å²) < 4.78 is 26.4. The van der Waals surface area contributed by atoms with Gasteiger partial charge in [0.15, 0.2) is 0 Å². The van der Waals surface area contributed by atoms with Crippen LogP contribution in [-0.2, 0) is 11.3 Å². The summed E-state index contributed by atoms with van der Waals surface area (Å²) in [4.78, 5) is 13.2. The number of hydrogen-bond donors (Lipinski definition) is 1. The number of benzene rings is 1. The molecule has 2 rings (SSSR count). The lowest BCUT2D eigenvalue weighted by molar-refractivity contribution is -0.130. The number of halogens is 2. The van der Waals surface area contributed by atoms with Gasteiger partial charge in [0.25, 0.3) is 0 Å². The molecule has 0 bridgehead atoms. The van der Waals surface area contributed by atoms with Crippen LogP contribution >= 0.6 is 0 Å². The molecule has 1 heterocycles. The monoisotopic (exact) mass is 240 g/mol. The Bertz CT molecular complexity index is 423. The van der Waals surface area contributed by atoms with E-state index in [-0.39, 0.29) is 24.6 Å². The molecule has 0 aromatic heterocycles. The number of hydrogen-bond acceptors (Lipinski definition) is 2. The third kappa shape index (κ3) is 3.00. The third-order valence-corrected chi connectivity index (χ3v) is 2.78. The Labute approximate surface area is 98.4 Å². The van der Waals surface area contributed by atoms with Crippen molar-refractivity contribution < 1.29 is 13.6 Å². The second-order valence-electron chi connectivity index (χ2n) is 4.08. The Balaban J connectivity index is 2.13. The molecule has 1 aliphatic heterocycles. The first kappa shape index (κ1) is 12.0. The molecule has 1 saturated heterocycles. The molecule has 0 unspecified atom stereocenters. The van der Waals surface area contributed by atoms with Gasteiger partial charge in [-0.15, -0.1) is 0 Å². The maximum absolute atomic E-state index is 13.4. The van der Waals surface area contributed by atoms with E-state index < -0.39 is 11.6 Å². The summed E-state index contributed by atoms with van der Waals surface area (Å²) in [6.07, 6.45) is 0.822. The molecular weight excluding hydrogens is 226 g/mol. The molecule has 0 spiro atoms. The third-order valence-electron chi connectivity index (χ3n) is 2.78. The van der Waals surface area contributed by atoms with Gasteiger partial charge in [-0.25, -0.2) is 8.78 Å². The van der Waals surface area contributed by atoms with Crippen molar-refractivity contribution in [1.29, 1.82) is 0 Å². The molecule has 92 valence electrons. The van der Waals surface area contributed by atoms with Crippen molar-refractivity contribution in [3.05, 3.63) is 35.4 Å². The van der Waals surface area contributed by atoms with Crippen molar-refractivity contribution in [3.8, 4) is 0 Å². The quantitative estimate of drug-likeness (QED) is 0.844. The summed E-state index contributed by atoms with van der Waals surface area (Å²) in [5.74, 6) is -1.04. The molecule has 1 N–H and O–H groups in total. The number of carbonyl (C=O) groups excluding carboxylic acids is 1. The van der Waals surface area contributed by atoms with E-state index in [1.165, 1.54) is 0 Å². The van der Waals surface area contributed by atoms with E-state index in [2.05, 4.69) is 5.32 Å². The Hall–Kier alpha value is -1.49. The number of carbonyl (C=O) groups is 1. The lowest BCUT2D eigenvalue weighted by atomic mass is 10.2. The lowest BCUT2D eigenvalue weighted by Crippen LogP contribution is -2.34. The van der Waals surface area contributed by atoms with Crippen molar-refractivity contribution in [2.75, 3.05) is 19.6 Å². The van der Waals surface area contributed by atoms with Gasteiger partial charge in [-0.1, -0.05) is 0 Å². The minimum atomic E-state index is -0.484. The summed E-state index contributed by atoms with van der Waals surface area (Å²) in [5, 5.41) is 2.98. The first-order chi connectivity index (χ1) is 8.16. The molecule has 0 radical (unpaired) electrons. The van der Waals surface area contributed by atoms with Gasteiger partial charge >= 0.3 is 0 Å². The maximum atomic E-state index is 13.4. The van der Waals surface area contributed by atoms with Crippen LogP contribution in [0.1, 0.15) is 12.0 Å². The van der Waals surface area contributed by atoms with Crippen LogP contribution in [0.5, 0.6) is 0 Å². The largest absolute Gasteiger partial charge is 0.337 e. The van der Waals surface area contributed by atoms with E-state index in [9.17, 15) is 13.6 Å². The van der Waals surface area contributed by atoms with Crippen LogP contribution in [0.25, 0.3) is 0 Å². The second-order valence-corrected chi connectivity index (χ2v) is 4.08. The zero-order valence-corrected chi connectivity index (χ0v) is 9.38. The summed E-state index contributed by atoms with van der Waals surface area (Å²) in [6.45, 7) is 1.73. The number of amides is 1. The minimum Gasteiger partial charge on any atom is -0.337 e. The highest BCUT2D eigenvalue weighted by Crippen LogP contribution is 2.13. The molecule has 17 heavy (non-hydrogen) atoms. The van der Waals surface area contributed by atoms with Crippen molar-refractivity contribution in [1.82, 2.24) is 10.2 Å². The Morgan fingerprint density at radius 2 is 2.18 bits per heavy atom. The second kappa shape index (κ2) is 5.23. The fourth-order valence-electron chi connectivity index (χ4n) is 1.86. The molecule has 1 aromatic rings. The summed E-state index contributed by atoms with van der Waals surface area (Å²) in [7, 11) is 0. The molecule has 0 aliphatic carbocycles. The smallest absolute Gasteiger partial charge is 0.236 e. The molecule has 5 heteroatoms. The average Bonchev–Trinajstić information content (AvgIpc) is 2.50. The van der Waals surface area contributed by atoms with Gasteiger partial charge in [0.1, 0.15) is 11.6 Å². The van der Waals surface area contributed by atoms with Gasteiger partial charge in [0.05, 0.1) is 6.54 Å². The van der Waals surface area contributed by atoms with Gasteiger partial charge in [-0.3, -0.25) is 4.79 Å². The predicted molar refractivity (Wildman–Crippen MR) is 59.3 cm³/mol. The topological polar surface area (TPSA) is 32.3 Å². The standard InChI is InChI=1S/C12H14F2N2O/c13-10-2-3-11(14)9(6-10)8-16-5-1-4-15-7-12(16)17/h2-3,6,15H,1,4-5,7-8H2. The average molecular weight is 240 g/mol. The van der Waals surface area contributed by atoms with Crippen LogP contribution < -0.4 is 5.32 Å². The Morgan fingerprint density at radius 1 is 1.35 bits per heavy atom. The van der Waals surface area contributed by atoms with E-state index in [0.29, 0.717) is 6.54 Å². The van der Waals surface area contributed by atoms with E-state index in [0.717, 1.165) is 31.2 Å². The number of nitrogens with one attached hydrogen (secondary N) is 1. The van der Waals surface area contributed by atoms with Crippen LogP contribution in [-0.4, -0.2) is 30.4 Å². The molecule has 1 aliphatic rings. The molecule has 1 fully saturated rings. The van der Waals surface area contributed by atoms with Gasteiger partial charge in [-0.05, 0) is 31.2 Å². The zero-order chi connectivity index (χ0) is 12.3. The van der Waals surface area contributed by atoms with E-state index in [1.54, 1.807) is 4.90 Å². The van der Waals surface area contributed by atoms with Crippen LogP contribution in [0, 0.1) is 11.6 Å². The molecule has 0 atom stereocenters. The molecule has 3 nitrogen and oxygen atoms in total. The Kier molecular flexibility index (Phi) is 3.68. The Morgan fingerprint density at radius 3 is 3.00 bits per heavy atom. The van der Waals surface area contributed by atoms with Gasteiger partial charge in [0, 0.05) is 18.7 Å². The van der Waals surface area contributed by atoms with E-state index >= 15 is 0 Å². The predicted octanol–water partition coefficient (Wildman–Crippen LogP) is 1.29. The highest BCUT2D eigenvalue weighted by molar-refractivity contribution is 5.78. The SMILES string of the molecule is O=C1CNCCCN1Cc1cc(F)ccc1F. The fraction of sp³-hybridized carbons (Fsp3) is 0.417. The van der Waals surface area contributed by atoms with Crippen LogP contribution in [0.15, 0.2) is 18.2 Å². The molecule has 1 amide bonds. The van der Waals surface area contributed by atoms with E-state index in [4.69, 9.17) is 0 Å². The number of rotatable bonds is 2. The highest BCUT2D eigenvalue weighted by atomic mass is 19.1. The first-order valence-corrected chi connectivity index (χ1v) is 5.59. The summed E-state index contributed by atoms with van der Waals surface area (Å²) >= 11 is 0. The molecular formula is C12H14F2N2O. The van der Waals surface area contributed by atoms with Crippen molar-refractivity contribution >= 4 is 5.91 Å². The normalized spacial score (nSPS) is 17.1. The van der Waals surface area contributed by atoms with Crippen molar-refractivity contribution in [3.63, 3.8) is 0 Å². The van der Waals surface area contributed by atoms with Crippen LogP contribution in [0.3, 0.4) is 0 Å². The van der Waals surface area contributed by atoms with Crippen molar-refractivity contribution in [2.24, 2.45) is 0 Å². The van der Waals surface area contributed by atoms with Gasteiger partial charge < -0.3 is 10.2 Å². The van der Waals surface area contributed by atoms with E-state index in [1.807, 2.05) is 0 Å². The summed E-state index contributed by atoms with van der Waals surface area (Å²) in [6, 6.07) is 3.30. The molecule has 1 aromatic carbocycles. The summed E-state index contributed by atoms with van der Waals surface area (Å²) in [5.41, 5.74) is 0.222. The molecule has 0 saturated carbocycles. The van der Waals surface area contributed by atoms with Gasteiger partial charge in [0.2, 0.25) is 5.91 Å². The minimum absolute atomic E-state index is 0.0776. The van der Waals surface area contributed by atoms with Crippen molar-refractivity contribution in [2.45, 2.75) is 13.0 Å². The van der Waals surface area contributed by atoms with Gasteiger partial charge in [-0.2, -0.15) is 0 Å². The lowest BCUT2D eigenvalue weighted by Gasteiger charge is -2.20. The first-order valence-electron chi connectivity index (χ1n) is 5.59. The number of nitrogens with zero attached hydrogens (tertiary/aromatic N) is 1. The highest BCUT2D eigenvalue weighted by Gasteiger charge is 2.17. The van der Waals surface area contributed by atoms with Crippen LogP contribution in [0.2, 0.25) is 0 Å².